The van der Waals surface area contributed by atoms with Crippen molar-refractivity contribution < 1.29 is 13.2 Å². The van der Waals surface area contributed by atoms with Crippen LogP contribution in [0.3, 0.4) is 0 Å². The van der Waals surface area contributed by atoms with E-state index in [-0.39, 0.29) is 11.6 Å². The van der Waals surface area contributed by atoms with Gasteiger partial charge in [0.05, 0.1) is 5.69 Å². The molecule has 32 heavy (non-hydrogen) atoms. The van der Waals surface area contributed by atoms with E-state index >= 15 is 0 Å². The zero-order valence-electron chi connectivity index (χ0n) is 17.8. The predicted octanol–water partition coefficient (Wildman–Crippen LogP) is 4.18. The maximum absolute atomic E-state index is 14.5. The van der Waals surface area contributed by atoms with Gasteiger partial charge < -0.3 is 11.1 Å². The van der Waals surface area contributed by atoms with E-state index in [1.807, 2.05) is 6.92 Å². The van der Waals surface area contributed by atoms with Crippen LogP contribution in [0.15, 0.2) is 53.3 Å². The second-order valence-electron chi connectivity index (χ2n) is 6.70. The molecular weight excluding hydrogens is 419 g/mol. The summed E-state index contributed by atoms with van der Waals surface area (Å²) < 4.78 is 43.6. The molecule has 2 heterocycles. The molecule has 4 aromatic rings. The Hall–Kier alpha value is -3.72. The van der Waals surface area contributed by atoms with Crippen molar-refractivity contribution in [3.63, 3.8) is 0 Å². The number of hydrogen-bond donors (Lipinski definition) is 2. The number of anilines is 1. The first-order valence-electron chi connectivity index (χ1n) is 9.87. The number of benzene rings is 2. The smallest absolute Gasteiger partial charge is 0.256 e. The van der Waals surface area contributed by atoms with Gasteiger partial charge in [-0.25, -0.2) is 18.2 Å². The number of nitrogens with one attached hydrogen (secondary N) is 1. The number of rotatable bonds is 4. The Kier molecular flexibility index (Phi) is 6.89. The molecule has 3 N–H and O–H groups in total. The third-order valence-electron chi connectivity index (χ3n) is 4.69. The Morgan fingerprint density at radius 3 is 2.31 bits per heavy atom. The van der Waals surface area contributed by atoms with Crippen molar-refractivity contribution >= 4 is 17.0 Å². The van der Waals surface area contributed by atoms with Gasteiger partial charge in [0.25, 0.3) is 5.56 Å². The van der Waals surface area contributed by atoms with Crippen LogP contribution in [0.4, 0.5) is 19.1 Å². The summed E-state index contributed by atoms with van der Waals surface area (Å²) in [5.41, 5.74) is 5.02. The molecule has 0 spiro atoms. The Bertz CT molecular complexity index is 1320. The Balaban J connectivity index is 0.00000141. The molecule has 166 valence electrons. The van der Waals surface area contributed by atoms with Crippen LogP contribution in [0.2, 0.25) is 0 Å². The molecule has 6 nitrogen and oxygen atoms in total. The lowest BCUT2D eigenvalue weighted by Crippen LogP contribution is -2.21. The molecule has 0 bridgehead atoms. The molecule has 0 aliphatic rings. The Labute approximate surface area is 182 Å². The number of para-hydroxylation sites is 1. The van der Waals surface area contributed by atoms with E-state index in [9.17, 15) is 18.0 Å². The van der Waals surface area contributed by atoms with Gasteiger partial charge in [0.15, 0.2) is 5.65 Å². The summed E-state index contributed by atoms with van der Waals surface area (Å²) in [7, 11) is 1.50. The molecule has 2 aromatic carbocycles. The van der Waals surface area contributed by atoms with E-state index in [4.69, 9.17) is 0 Å². The van der Waals surface area contributed by atoms with Gasteiger partial charge in [-0.1, -0.05) is 6.07 Å². The minimum atomic E-state index is -0.896. The largest absolute Gasteiger partial charge is 0.354 e. The number of nitrogens with two attached hydrogens (primary N) is 1. The normalized spacial score (nSPS) is 10.6. The van der Waals surface area contributed by atoms with Crippen LogP contribution in [0.25, 0.3) is 28.0 Å². The van der Waals surface area contributed by atoms with Crippen LogP contribution in [0.5, 0.6) is 0 Å². The minimum absolute atomic E-state index is 0.0381. The Morgan fingerprint density at radius 2 is 1.69 bits per heavy atom. The highest BCUT2D eigenvalue weighted by Crippen LogP contribution is 2.31. The molecule has 0 atom stereocenters. The summed E-state index contributed by atoms with van der Waals surface area (Å²) in [5, 5.41) is 3.37. The average molecular weight is 441 g/mol. The van der Waals surface area contributed by atoms with Crippen molar-refractivity contribution in [1.82, 2.24) is 14.5 Å². The maximum Gasteiger partial charge on any atom is 0.256 e. The van der Waals surface area contributed by atoms with Gasteiger partial charge in [0, 0.05) is 23.6 Å². The predicted molar refractivity (Wildman–Crippen MR) is 119 cm³/mol. The monoisotopic (exact) mass is 441 g/mol. The summed E-state index contributed by atoms with van der Waals surface area (Å²) in [6.45, 7) is 4.05. The van der Waals surface area contributed by atoms with Gasteiger partial charge in [-0.2, -0.15) is 4.98 Å². The molecule has 0 saturated carbocycles. The number of pyridine rings is 1. The van der Waals surface area contributed by atoms with Crippen molar-refractivity contribution in [2.75, 3.05) is 18.9 Å². The zero-order chi connectivity index (χ0) is 23.4. The molecule has 0 amide bonds. The molecule has 0 fully saturated rings. The molecule has 0 radical (unpaired) electrons. The highest BCUT2D eigenvalue weighted by Gasteiger charge is 2.20. The fourth-order valence-electron chi connectivity index (χ4n) is 3.37. The van der Waals surface area contributed by atoms with Gasteiger partial charge in [-0.3, -0.25) is 9.36 Å². The van der Waals surface area contributed by atoms with Crippen LogP contribution >= 0.6 is 0 Å². The fourth-order valence-corrected chi connectivity index (χ4v) is 3.37. The van der Waals surface area contributed by atoms with E-state index < -0.39 is 28.7 Å². The van der Waals surface area contributed by atoms with Crippen molar-refractivity contribution in [2.24, 2.45) is 5.73 Å². The zero-order valence-corrected chi connectivity index (χ0v) is 17.8. The van der Waals surface area contributed by atoms with E-state index in [1.54, 1.807) is 13.0 Å². The number of halogens is 3. The number of nitrogens with zero attached hydrogens (tertiary/aromatic N) is 3. The molecule has 9 heteroatoms. The highest BCUT2D eigenvalue weighted by molar-refractivity contribution is 5.93. The van der Waals surface area contributed by atoms with E-state index in [0.717, 1.165) is 16.7 Å². The highest BCUT2D eigenvalue weighted by atomic mass is 19.1. The lowest BCUT2D eigenvalue weighted by molar-refractivity contribution is 0.568. The third-order valence-corrected chi connectivity index (χ3v) is 4.69. The summed E-state index contributed by atoms with van der Waals surface area (Å²) in [6.07, 6.45) is 0. The molecule has 0 aliphatic heterocycles. The Morgan fingerprint density at radius 1 is 1.00 bits per heavy atom. The fraction of sp³-hybridized carbons (Fsp3) is 0.174. The molecule has 4 rings (SSSR count). The second kappa shape index (κ2) is 9.61. The number of aromatic nitrogens is 3. The van der Waals surface area contributed by atoms with Crippen LogP contribution in [0, 0.1) is 24.4 Å². The molecule has 2 aromatic heterocycles. The summed E-state index contributed by atoms with van der Waals surface area (Å²) in [5.74, 6) is -2.01. The lowest BCUT2D eigenvalue weighted by atomic mass is 10.0. The van der Waals surface area contributed by atoms with Crippen molar-refractivity contribution in [3.8, 4) is 16.9 Å². The van der Waals surface area contributed by atoms with Crippen LogP contribution in [-0.2, 0) is 0 Å². The number of hydrogen-bond acceptors (Lipinski definition) is 5. The quantitative estimate of drug-likeness (QED) is 0.496. The van der Waals surface area contributed by atoms with Crippen LogP contribution < -0.4 is 16.6 Å². The lowest BCUT2D eigenvalue weighted by Gasteiger charge is -2.15. The van der Waals surface area contributed by atoms with Crippen molar-refractivity contribution in [2.45, 2.75) is 13.8 Å². The van der Waals surface area contributed by atoms with Gasteiger partial charge in [-0.15, -0.1) is 0 Å². The standard InChI is InChI=1S/C22H17F3N4O.CH5N/c1-3-26-22-27-19(14-8-7-13(23)11-12(14)2)15-9-10-18(30)29(21(15)28-22)20-16(24)5-4-6-17(20)25;1-2/h4-11H,3H2,1-2H3,(H,26,27,28);2H2,1H3. The first-order valence-corrected chi connectivity index (χ1v) is 9.87. The topological polar surface area (TPSA) is 85.8 Å². The molecular formula is C23H22F3N5O. The summed E-state index contributed by atoms with van der Waals surface area (Å²) in [6, 6.07) is 10.3. The van der Waals surface area contributed by atoms with Crippen molar-refractivity contribution in [1.29, 1.82) is 0 Å². The summed E-state index contributed by atoms with van der Waals surface area (Å²) in [4.78, 5) is 21.5. The van der Waals surface area contributed by atoms with Crippen LogP contribution in [-0.4, -0.2) is 28.1 Å². The van der Waals surface area contributed by atoms with Gasteiger partial charge in [0.2, 0.25) is 5.95 Å². The molecule has 0 unspecified atom stereocenters. The van der Waals surface area contributed by atoms with Gasteiger partial charge >= 0.3 is 0 Å². The minimum Gasteiger partial charge on any atom is -0.354 e. The van der Waals surface area contributed by atoms with E-state index in [0.29, 0.717) is 28.8 Å². The SMILES string of the molecule is CCNc1nc(-c2ccc(F)cc2C)c2ccc(=O)n(-c3c(F)cccc3F)c2n1.CN. The maximum atomic E-state index is 14.5. The number of fused-ring (bicyclic) bond motifs is 1. The summed E-state index contributed by atoms with van der Waals surface area (Å²) >= 11 is 0. The number of aryl methyl sites for hydroxylation is 1. The molecule has 0 aliphatic carbocycles. The third kappa shape index (κ3) is 4.19. The average Bonchev–Trinajstić information content (AvgIpc) is 2.76. The van der Waals surface area contributed by atoms with Gasteiger partial charge in [-0.05, 0) is 62.9 Å². The van der Waals surface area contributed by atoms with Crippen LogP contribution in [0.1, 0.15) is 12.5 Å². The second-order valence-corrected chi connectivity index (χ2v) is 6.70. The van der Waals surface area contributed by atoms with Crippen molar-refractivity contribution in [3.05, 3.63) is 81.9 Å². The van der Waals surface area contributed by atoms with E-state index in [1.165, 1.54) is 37.4 Å². The first-order chi connectivity index (χ1) is 15.4. The van der Waals surface area contributed by atoms with E-state index in [2.05, 4.69) is 21.0 Å². The van der Waals surface area contributed by atoms with Gasteiger partial charge in [0.1, 0.15) is 23.1 Å². The molecule has 0 saturated heterocycles. The first kappa shape index (κ1) is 23.0.